The summed E-state index contributed by atoms with van der Waals surface area (Å²) in [4.78, 5) is 21.7. The quantitative estimate of drug-likeness (QED) is 0.618. The van der Waals surface area contributed by atoms with E-state index < -0.39 is 18.5 Å². The number of ether oxygens (including phenoxy) is 2. The summed E-state index contributed by atoms with van der Waals surface area (Å²) in [6.07, 6.45) is 0. The molecule has 0 saturated carbocycles. The number of rotatable bonds is 4. The topological polar surface area (TPSA) is 93.1 Å². The maximum absolute atomic E-state index is 10.9. The normalized spacial score (nSPS) is 9.82. The Morgan fingerprint density at radius 3 is 2.53 bits per heavy atom. The summed E-state index contributed by atoms with van der Waals surface area (Å²) in [6, 6.07) is 2.28. The van der Waals surface area contributed by atoms with Gasteiger partial charge in [-0.25, -0.2) is 9.59 Å². The van der Waals surface area contributed by atoms with Crippen LogP contribution in [0.3, 0.4) is 0 Å². The van der Waals surface area contributed by atoms with E-state index in [4.69, 9.17) is 31.3 Å². The molecule has 6 nitrogen and oxygen atoms in total. The second-order valence-corrected chi connectivity index (χ2v) is 3.33. The number of carboxylic acids is 1. The minimum atomic E-state index is -1.19. The van der Waals surface area contributed by atoms with Gasteiger partial charge in [0, 0.05) is 0 Å². The fraction of sp³-hybridized carbons (Fsp3) is 0.200. The predicted octanol–water partition coefficient (Wildman–Crippen LogP) is 0.944. The Kier molecular flexibility index (Phi) is 4.30. The van der Waals surface area contributed by atoms with Crippen molar-refractivity contribution in [1.29, 1.82) is 0 Å². The van der Waals surface area contributed by atoms with Gasteiger partial charge in [-0.3, -0.25) is 0 Å². The molecule has 2 N–H and O–H groups in total. The average Bonchev–Trinajstić information content (AvgIpc) is 2.30. The van der Waals surface area contributed by atoms with Gasteiger partial charge in [-0.15, -0.1) is 0 Å². The number of esters is 1. The minimum Gasteiger partial charge on any atom is -0.493 e. The molecule has 1 aromatic carbocycles. The molecule has 0 spiro atoms. The van der Waals surface area contributed by atoms with Crippen LogP contribution in [0.1, 0.15) is 10.4 Å². The van der Waals surface area contributed by atoms with Crippen LogP contribution >= 0.6 is 11.6 Å². The number of halogens is 1. The molecule has 0 saturated heterocycles. The number of aliphatic hydroxyl groups excluding tert-OH is 1. The van der Waals surface area contributed by atoms with Crippen molar-refractivity contribution >= 4 is 23.5 Å². The SMILES string of the molecule is COc1cc(C(=O)O)cc(Cl)c1OC(=O)CO. The Morgan fingerprint density at radius 1 is 1.41 bits per heavy atom. The summed E-state index contributed by atoms with van der Waals surface area (Å²) >= 11 is 5.76. The zero-order valence-electron chi connectivity index (χ0n) is 8.77. The molecule has 0 radical (unpaired) electrons. The van der Waals surface area contributed by atoms with E-state index in [2.05, 4.69) is 0 Å². The number of benzene rings is 1. The largest absolute Gasteiger partial charge is 0.493 e. The number of carboxylic acid groups (broad SMARTS) is 1. The molecule has 0 atom stereocenters. The lowest BCUT2D eigenvalue weighted by Gasteiger charge is -2.11. The second-order valence-electron chi connectivity index (χ2n) is 2.93. The van der Waals surface area contributed by atoms with E-state index in [9.17, 15) is 9.59 Å². The van der Waals surface area contributed by atoms with Crippen LogP contribution in [0.5, 0.6) is 11.5 Å². The van der Waals surface area contributed by atoms with E-state index in [0.29, 0.717) is 0 Å². The van der Waals surface area contributed by atoms with Crippen LogP contribution in [-0.4, -0.2) is 35.9 Å². The van der Waals surface area contributed by atoms with Gasteiger partial charge in [0.15, 0.2) is 11.5 Å². The van der Waals surface area contributed by atoms with Crippen LogP contribution in [0.25, 0.3) is 0 Å². The Balaban J connectivity index is 3.21. The molecule has 0 fully saturated rings. The summed E-state index contributed by atoms with van der Waals surface area (Å²) in [5.74, 6) is -2.24. The minimum absolute atomic E-state index is 0.00306. The summed E-state index contributed by atoms with van der Waals surface area (Å²) in [5.41, 5.74) is -0.101. The van der Waals surface area contributed by atoms with E-state index >= 15 is 0 Å². The molecule has 17 heavy (non-hydrogen) atoms. The molecule has 0 aliphatic carbocycles. The number of hydrogen-bond donors (Lipinski definition) is 2. The second kappa shape index (κ2) is 5.51. The van der Waals surface area contributed by atoms with E-state index in [1.807, 2.05) is 0 Å². The molecule has 1 aromatic rings. The number of aromatic carboxylic acids is 1. The van der Waals surface area contributed by atoms with Crippen LogP contribution in [-0.2, 0) is 4.79 Å². The maximum atomic E-state index is 10.9. The van der Waals surface area contributed by atoms with Crippen molar-refractivity contribution in [2.45, 2.75) is 0 Å². The number of methoxy groups -OCH3 is 1. The highest BCUT2D eigenvalue weighted by atomic mass is 35.5. The molecule has 0 heterocycles. The van der Waals surface area contributed by atoms with Crippen LogP contribution in [0, 0.1) is 0 Å². The molecule has 1 rings (SSSR count). The van der Waals surface area contributed by atoms with E-state index in [0.717, 1.165) is 12.1 Å². The van der Waals surface area contributed by atoms with Crippen LogP contribution in [0.15, 0.2) is 12.1 Å². The van der Waals surface area contributed by atoms with Gasteiger partial charge < -0.3 is 19.7 Å². The van der Waals surface area contributed by atoms with Crippen molar-refractivity contribution < 1.29 is 29.3 Å². The number of aliphatic hydroxyl groups is 1. The van der Waals surface area contributed by atoms with Gasteiger partial charge in [0.1, 0.15) is 6.61 Å². The van der Waals surface area contributed by atoms with Crippen LogP contribution in [0.2, 0.25) is 5.02 Å². The van der Waals surface area contributed by atoms with Crippen molar-refractivity contribution in [1.82, 2.24) is 0 Å². The van der Waals surface area contributed by atoms with Crippen molar-refractivity contribution in [2.75, 3.05) is 13.7 Å². The zero-order chi connectivity index (χ0) is 13.0. The van der Waals surface area contributed by atoms with Gasteiger partial charge in [0.2, 0.25) is 0 Å². The fourth-order valence-electron chi connectivity index (χ4n) is 1.09. The highest BCUT2D eigenvalue weighted by Crippen LogP contribution is 2.36. The maximum Gasteiger partial charge on any atom is 0.337 e. The monoisotopic (exact) mass is 260 g/mol. The van der Waals surface area contributed by atoms with Gasteiger partial charge in [-0.05, 0) is 12.1 Å². The van der Waals surface area contributed by atoms with Gasteiger partial charge >= 0.3 is 11.9 Å². The molecule has 92 valence electrons. The fourth-order valence-corrected chi connectivity index (χ4v) is 1.34. The molecule has 7 heteroatoms. The van der Waals surface area contributed by atoms with Crippen molar-refractivity contribution in [3.8, 4) is 11.5 Å². The summed E-state index contributed by atoms with van der Waals surface area (Å²) < 4.78 is 9.57. The molecule has 0 aliphatic heterocycles. The van der Waals surface area contributed by atoms with Crippen LogP contribution in [0.4, 0.5) is 0 Å². The lowest BCUT2D eigenvalue weighted by atomic mass is 10.2. The van der Waals surface area contributed by atoms with E-state index in [-0.39, 0.29) is 22.1 Å². The summed E-state index contributed by atoms with van der Waals surface area (Å²) in [5, 5.41) is 17.2. The first-order chi connectivity index (χ1) is 7.99. The molecular weight excluding hydrogens is 252 g/mol. The van der Waals surface area contributed by atoms with Gasteiger partial charge in [-0.1, -0.05) is 11.6 Å². The first-order valence-corrected chi connectivity index (χ1v) is 4.79. The third-order valence-electron chi connectivity index (χ3n) is 1.82. The summed E-state index contributed by atoms with van der Waals surface area (Å²) in [7, 11) is 1.27. The van der Waals surface area contributed by atoms with E-state index in [1.165, 1.54) is 7.11 Å². The van der Waals surface area contributed by atoms with Crippen molar-refractivity contribution in [3.63, 3.8) is 0 Å². The Labute approximate surface area is 101 Å². The van der Waals surface area contributed by atoms with Crippen molar-refractivity contribution in [2.24, 2.45) is 0 Å². The Bertz CT molecular complexity index is 456. The first-order valence-electron chi connectivity index (χ1n) is 4.42. The number of hydrogen-bond acceptors (Lipinski definition) is 5. The highest BCUT2D eigenvalue weighted by molar-refractivity contribution is 6.32. The van der Waals surface area contributed by atoms with Crippen LogP contribution < -0.4 is 9.47 Å². The highest BCUT2D eigenvalue weighted by Gasteiger charge is 2.17. The predicted molar refractivity (Wildman–Crippen MR) is 57.7 cm³/mol. The molecule has 0 amide bonds. The van der Waals surface area contributed by atoms with Crippen molar-refractivity contribution in [3.05, 3.63) is 22.7 Å². The molecule has 0 aliphatic rings. The Morgan fingerprint density at radius 2 is 2.06 bits per heavy atom. The molecule has 0 unspecified atom stereocenters. The summed E-state index contributed by atoms with van der Waals surface area (Å²) in [6.45, 7) is -0.819. The van der Waals surface area contributed by atoms with Gasteiger partial charge in [-0.2, -0.15) is 0 Å². The third-order valence-corrected chi connectivity index (χ3v) is 2.10. The number of carbonyl (C=O) groups is 2. The van der Waals surface area contributed by atoms with Gasteiger partial charge in [0.05, 0.1) is 17.7 Å². The number of carbonyl (C=O) groups excluding carboxylic acids is 1. The van der Waals surface area contributed by atoms with E-state index in [1.54, 1.807) is 0 Å². The zero-order valence-corrected chi connectivity index (χ0v) is 9.52. The smallest absolute Gasteiger partial charge is 0.337 e. The molecular formula is C10H9ClO6. The lowest BCUT2D eigenvalue weighted by Crippen LogP contribution is -2.13. The lowest BCUT2D eigenvalue weighted by molar-refractivity contribution is -0.137. The molecule has 0 aromatic heterocycles. The first kappa shape index (κ1) is 13.3. The third kappa shape index (κ3) is 3.08. The average molecular weight is 261 g/mol. The Hall–Kier alpha value is -1.79. The van der Waals surface area contributed by atoms with Gasteiger partial charge in [0.25, 0.3) is 0 Å². The molecule has 0 bridgehead atoms. The standard InChI is InChI=1S/C10H9ClO6/c1-16-7-3-5(10(14)15)2-6(11)9(7)17-8(13)4-12/h2-3,12H,4H2,1H3,(H,14,15).